The summed E-state index contributed by atoms with van der Waals surface area (Å²) in [6, 6.07) is 24.5. The number of hydrogen-bond acceptors (Lipinski definition) is 2. The minimum Gasteiger partial charge on any atom is -0.235 e. The van der Waals surface area contributed by atoms with Gasteiger partial charge in [0.1, 0.15) is 5.69 Å². The molecule has 1 N–H and O–H groups in total. The van der Waals surface area contributed by atoms with Crippen LogP contribution >= 0.6 is 38.6 Å². The maximum absolute atomic E-state index is 3.93. The summed E-state index contributed by atoms with van der Waals surface area (Å²) in [4.78, 5) is 3.93. The highest BCUT2D eigenvalue weighted by Gasteiger charge is 2.31. The lowest BCUT2D eigenvalue weighted by molar-refractivity contribution is -0.553. The van der Waals surface area contributed by atoms with E-state index in [9.17, 15) is 0 Å². The number of halogens is 1. The molecule has 0 atom stereocenters. The molecule has 6 aromatic rings. The van der Waals surface area contributed by atoms with Crippen LogP contribution in [-0.4, -0.2) is 21.1 Å². The molecule has 36 heavy (non-hydrogen) atoms. The van der Waals surface area contributed by atoms with Crippen molar-refractivity contribution in [2.45, 2.75) is 39.3 Å². The fraction of sp³-hybridized carbons (Fsp3) is 0.207. The van der Waals surface area contributed by atoms with Gasteiger partial charge in [0.2, 0.25) is 0 Å². The quantitative estimate of drug-likeness (QED) is 0.154. The molecule has 0 radical (unpaired) electrons. The lowest BCUT2D eigenvalue weighted by atomic mass is 10.1. The third-order valence-electron chi connectivity index (χ3n) is 6.73. The van der Waals surface area contributed by atoms with Crippen LogP contribution in [-0.2, 0) is 0 Å². The molecule has 3 aromatic heterocycles. The third-order valence-corrected chi connectivity index (χ3v) is 16.9. The van der Waals surface area contributed by atoms with Crippen molar-refractivity contribution < 1.29 is 4.57 Å². The standard InChI is InChI=1S/C29H29BrN2S2Si2/c1-35(2,3)23-16-21-25-26(22-17-24(36(4,5)6)34-28(22)27(21)33-23)32(20-10-8-7-9-11-20)29(31-25)18-12-14-19(30)15-13-18/h7-17H,1-6H3/p+1. The van der Waals surface area contributed by atoms with Gasteiger partial charge >= 0.3 is 0 Å². The Labute approximate surface area is 230 Å². The minimum absolute atomic E-state index is 1.09. The van der Waals surface area contributed by atoms with Gasteiger partial charge in [-0.3, -0.25) is 0 Å². The summed E-state index contributed by atoms with van der Waals surface area (Å²) in [5, 5.41) is 2.75. The first-order valence-electron chi connectivity index (χ1n) is 12.3. The molecular weight excluding hydrogens is 577 g/mol. The second kappa shape index (κ2) is 8.50. The van der Waals surface area contributed by atoms with E-state index in [0.29, 0.717) is 0 Å². The van der Waals surface area contributed by atoms with Crippen LogP contribution in [0.5, 0.6) is 0 Å². The van der Waals surface area contributed by atoms with Crippen LogP contribution in [0, 0.1) is 0 Å². The van der Waals surface area contributed by atoms with Crippen LogP contribution in [0.4, 0.5) is 0 Å². The van der Waals surface area contributed by atoms with E-state index in [1.165, 1.54) is 42.5 Å². The Balaban J connectivity index is 1.84. The van der Waals surface area contributed by atoms with E-state index in [1.54, 1.807) is 9.00 Å². The van der Waals surface area contributed by atoms with Crippen LogP contribution in [0.25, 0.3) is 48.3 Å². The predicted octanol–water partition coefficient (Wildman–Crippen LogP) is 8.39. The number of para-hydroxylation sites is 1. The Bertz CT molecular complexity index is 1750. The first-order chi connectivity index (χ1) is 17.0. The summed E-state index contributed by atoms with van der Waals surface area (Å²) in [5.41, 5.74) is 4.91. The van der Waals surface area contributed by atoms with Gasteiger partial charge in [0.25, 0.3) is 5.82 Å². The Kier molecular flexibility index (Phi) is 5.74. The molecule has 0 saturated heterocycles. The molecule has 0 spiro atoms. The van der Waals surface area contributed by atoms with Crippen molar-refractivity contribution in [1.29, 1.82) is 0 Å². The number of nitrogens with one attached hydrogen (secondary N) is 1. The van der Waals surface area contributed by atoms with Gasteiger partial charge in [-0.05, 0) is 57.5 Å². The smallest absolute Gasteiger partial charge is 0.235 e. The number of fused-ring (bicyclic) bond motifs is 6. The summed E-state index contributed by atoms with van der Waals surface area (Å²) < 4.78 is 9.59. The number of aromatic amines is 1. The fourth-order valence-electron chi connectivity index (χ4n) is 4.77. The highest BCUT2D eigenvalue weighted by atomic mass is 79.9. The van der Waals surface area contributed by atoms with Crippen molar-refractivity contribution in [3.8, 4) is 17.1 Å². The molecule has 0 fully saturated rings. The van der Waals surface area contributed by atoms with E-state index in [2.05, 4.69) is 131 Å². The molecule has 0 bridgehead atoms. The highest BCUT2D eigenvalue weighted by molar-refractivity contribution is 9.10. The van der Waals surface area contributed by atoms with Crippen LogP contribution in [0.1, 0.15) is 0 Å². The summed E-state index contributed by atoms with van der Waals surface area (Å²) in [5.74, 6) is 1.12. The van der Waals surface area contributed by atoms with E-state index < -0.39 is 16.1 Å². The molecule has 0 unspecified atom stereocenters. The number of aromatic nitrogens is 2. The molecule has 3 heterocycles. The third kappa shape index (κ3) is 3.96. The molecule has 0 amide bonds. The second-order valence-electron chi connectivity index (χ2n) is 11.6. The van der Waals surface area contributed by atoms with Crippen molar-refractivity contribution in [3.63, 3.8) is 0 Å². The van der Waals surface area contributed by atoms with Crippen molar-refractivity contribution >= 4 is 95.0 Å². The van der Waals surface area contributed by atoms with Crippen LogP contribution < -0.4 is 13.6 Å². The van der Waals surface area contributed by atoms with E-state index >= 15 is 0 Å². The van der Waals surface area contributed by atoms with Gasteiger partial charge in [0, 0.05) is 15.2 Å². The summed E-state index contributed by atoms with van der Waals surface area (Å²) in [6.45, 7) is 14.8. The predicted molar refractivity (Wildman–Crippen MR) is 170 cm³/mol. The van der Waals surface area contributed by atoms with Gasteiger partial charge < -0.3 is 0 Å². The SMILES string of the molecule is C[Si](C)(C)c1cc2c3[nH]c(-c4ccc(Br)cc4)[n+](-c4ccccc4)c3c3cc([Si](C)(C)C)sc3c2s1. The number of benzene rings is 3. The average molecular weight is 607 g/mol. The normalized spacial score (nSPS) is 12.9. The van der Waals surface area contributed by atoms with Crippen LogP contribution in [0.2, 0.25) is 39.3 Å². The zero-order valence-electron chi connectivity index (χ0n) is 21.5. The molecule has 3 aromatic carbocycles. The number of imidazole rings is 1. The van der Waals surface area contributed by atoms with Gasteiger partial charge in [-0.15, -0.1) is 22.7 Å². The molecule has 0 aliphatic rings. The van der Waals surface area contributed by atoms with Gasteiger partial charge in [-0.2, -0.15) is 4.57 Å². The monoisotopic (exact) mass is 605 g/mol. The summed E-state index contributed by atoms with van der Waals surface area (Å²) in [7, 11) is -2.93. The summed E-state index contributed by atoms with van der Waals surface area (Å²) in [6.07, 6.45) is 0. The Hall–Kier alpha value is -2.04. The van der Waals surface area contributed by atoms with Crippen molar-refractivity contribution in [2.75, 3.05) is 0 Å². The van der Waals surface area contributed by atoms with Gasteiger partial charge in [0.15, 0.2) is 11.0 Å². The van der Waals surface area contributed by atoms with Crippen molar-refractivity contribution in [1.82, 2.24) is 4.98 Å². The second-order valence-corrected chi connectivity index (χ2v) is 25.4. The zero-order chi connectivity index (χ0) is 25.4. The summed E-state index contributed by atoms with van der Waals surface area (Å²) >= 11 is 7.69. The maximum atomic E-state index is 3.93. The zero-order valence-corrected chi connectivity index (χ0v) is 26.7. The molecule has 182 valence electrons. The van der Waals surface area contributed by atoms with E-state index in [1.807, 2.05) is 22.7 Å². The number of hydrogen-bond donors (Lipinski definition) is 1. The van der Waals surface area contributed by atoms with E-state index in [-0.39, 0.29) is 0 Å². The fourth-order valence-corrected chi connectivity index (χ4v) is 11.2. The lowest BCUT2D eigenvalue weighted by Gasteiger charge is -2.12. The molecule has 6 rings (SSSR count). The van der Waals surface area contributed by atoms with Crippen LogP contribution in [0.15, 0.2) is 71.2 Å². The molecular formula is C29H30BrN2S2Si2+. The van der Waals surface area contributed by atoms with E-state index in [4.69, 9.17) is 0 Å². The van der Waals surface area contributed by atoms with Crippen LogP contribution in [0.3, 0.4) is 0 Å². The number of rotatable bonds is 4. The Morgan fingerprint density at radius 2 is 1.28 bits per heavy atom. The first kappa shape index (κ1) is 24.3. The largest absolute Gasteiger partial charge is 0.292 e. The molecule has 2 nitrogen and oxygen atoms in total. The molecule has 0 saturated carbocycles. The minimum atomic E-state index is -1.47. The molecule has 0 aliphatic heterocycles. The van der Waals surface area contributed by atoms with Gasteiger partial charge in [-0.25, -0.2) is 4.98 Å². The topological polar surface area (TPSA) is 19.7 Å². The van der Waals surface area contributed by atoms with E-state index in [0.717, 1.165) is 10.3 Å². The maximum Gasteiger partial charge on any atom is 0.292 e. The average Bonchev–Trinajstić information content (AvgIpc) is 3.53. The van der Waals surface area contributed by atoms with Crippen molar-refractivity contribution in [3.05, 3.63) is 71.2 Å². The molecule has 7 heteroatoms. The van der Waals surface area contributed by atoms with Gasteiger partial charge in [-0.1, -0.05) is 73.4 Å². The molecule has 0 aliphatic carbocycles. The van der Waals surface area contributed by atoms with Crippen molar-refractivity contribution in [2.24, 2.45) is 0 Å². The van der Waals surface area contributed by atoms with Gasteiger partial charge in [0.05, 0.1) is 31.1 Å². The lowest BCUT2D eigenvalue weighted by Crippen LogP contribution is -2.35. The Morgan fingerprint density at radius 1 is 0.722 bits per heavy atom. The Morgan fingerprint density at radius 3 is 1.86 bits per heavy atom. The first-order valence-corrected chi connectivity index (χ1v) is 21.7. The number of H-pyrrole nitrogens is 1. The number of thiophene rings is 2. The number of nitrogens with zero attached hydrogens (tertiary/aromatic N) is 1. The highest BCUT2D eigenvalue weighted by Crippen LogP contribution is 2.40.